The quantitative estimate of drug-likeness (QED) is 0.405. The van der Waals surface area contributed by atoms with Gasteiger partial charge in [-0.05, 0) is 41.3 Å². The second-order valence-electron chi connectivity index (χ2n) is 7.28. The number of nitriles is 1. The normalized spacial score (nSPS) is 11.7. The standard InChI is InChI=1S/C26H23N3O/c1-20-7-5-6-10-24(20)25-15-22(11-12-23(25)16-27)26(17-29-14-13-28-19-29)30-18-21-8-3-2-4-9-21/h2-15,19,26H,17-18H2,1H3. The van der Waals surface area contributed by atoms with E-state index in [2.05, 4.69) is 48.3 Å². The molecule has 1 heterocycles. The van der Waals surface area contributed by atoms with Gasteiger partial charge in [-0.25, -0.2) is 4.98 Å². The number of hydrogen-bond donors (Lipinski definition) is 0. The van der Waals surface area contributed by atoms with Crippen LogP contribution in [0, 0.1) is 18.3 Å². The molecule has 148 valence electrons. The number of aromatic nitrogens is 2. The van der Waals surface area contributed by atoms with Crippen LogP contribution in [0.2, 0.25) is 0 Å². The van der Waals surface area contributed by atoms with Crippen LogP contribution < -0.4 is 0 Å². The number of imidazole rings is 1. The van der Waals surface area contributed by atoms with Crippen molar-refractivity contribution in [2.75, 3.05) is 0 Å². The second kappa shape index (κ2) is 9.21. The van der Waals surface area contributed by atoms with E-state index in [4.69, 9.17) is 4.74 Å². The SMILES string of the molecule is Cc1ccccc1-c1cc(C(Cn2ccnc2)OCc2ccccc2)ccc1C#N. The Morgan fingerprint density at radius 1 is 1.00 bits per heavy atom. The predicted octanol–water partition coefficient (Wildman–Crippen LogP) is 5.69. The number of hydrogen-bond acceptors (Lipinski definition) is 3. The number of aryl methyl sites for hydroxylation is 1. The van der Waals surface area contributed by atoms with Gasteiger partial charge in [0.2, 0.25) is 0 Å². The lowest BCUT2D eigenvalue weighted by Crippen LogP contribution is -2.12. The molecule has 4 heteroatoms. The molecule has 4 aromatic rings. The topological polar surface area (TPSA) is 50.8 Å². The Bertz CT molecular complexity index is 1140. The third kappa shape index (κ3) is 4.48. The van der Waals surface area contributed by atoms with Gasteiger partial charge < -0.3 is 9.30 Å². The summed E-state index contributed by atoms with van der Waals surface area (Å²) >= 11 is 0. The highest BCUT2D eigenvalue weighted by molar-refractivity contribution is 5.73. The van der Waals surface area contributed by atoms with E-state index in [1.165, 1.54) is 0 Å². The van der Waals surface area contributed by atoms with Crippen LogP contribution in [-0.4, -0.2) is 9.55 Å². The van der Waals surface area contributed by atoms with Crippen LogP contribution in [0.3, 0.4) is 0 Å². The molecule has 0 saturated heterocycles. The van der Waals surface area contributed by atoms with Crippen LogP contribution in [0.25, 0.3) is 11.1 Å². The van der Waals surface area contributed by atoms with Crippen LogP contribution in [0.4, 0.5) is 0 Å². The van der Waals surface area contributed by atoms with Crippen LogP contribution in [-0.2, 0) is 17.9 Å². The van der Waals surface area contributed by atoms with E-state index >= 15 is 0 Å². The summed E-state index contributed by atoms with van der Waals surface area (Å²) in [6.07, 6.45) is 5.33. The van der Waals surface area contributed by atoms with Crippen LogP contribution in [0.5, 0.6) is 0 Å². The maximum absolute atomic E-state index is 9.67. The van der Waals surface area contributed by atoms with E-state index in [0.29, 0.717) is 18.7 Å². The number of ether oxygens (including phenoxy) is 1. The van der Waals surface area contributed by atoms with Crippen molar-refractivity contribution in [2.24, 2.45) is 0 Å². The van der Waals surface area contributed by atoms with Crippen LogP contribution in [0.1, 0.15) is 28.4 Å². The first-order valence-electron chi connectivity index (χ1n) is 9.96. The fourth-order valence-electron chi connectivity index (χ4n) is 3.57. The maximum Gasteiger partial charge on any atom is 0.101 e. The smallest absolute Gasteiger partial charge is 0.101 e. The molecule has 0 amide bonds. The Hall–Kier alpha value is -3.68. The summed E-state index contributed by atoms with van der Waals surface area (Å²) < 4.78 is 8.37. The minimum absolute atomic E-state index is 0.171. The maximum atomic E-state index is 9.67. The number of benzene rings is 3. The minimum atomic E-state index is -0.171. The molecule has 1 aromatic heterocycles. The zero-order valence-corrected chi connectivity index (χ0v) is 16.9. The lowest BCUT2D eigenvalue weighted by molar-refractivity contribution is 0.0280. The third-order valence-electron chi connectivity index (χ3n) is 5.20. The van der Waals surface area contributed by atoms with Crippen molar-refractivity contribution in [3.8, 4) is 17.2 Å². The van der Waals surface area contributed by atoms with Crippen molar-refractivity contribution in [3.05, 3.63) is 114 Å². The Kier molecular flexibility index (Phi) is 6.03. The highest BCUT2D eigenvalue weighted by atomic mass is 16.5. The van der Waals surface area contributed by atoms with E-state index in [1.54, 1.807) is 12.5 Å². The third-order valence-corrected chi connectivity index (χ3v) is 5.20. The Morgan fingerprint density at radius 3 is 2.53 bits per heavy atom. The average molecular weight is 393 g/mol. The lowest BCUT2D eigenvalue weighted by atomic mass is 9.93. The largest absolute Gasteiger partial charge is 0.367 e. The molecule has 30 heavy (non-hydrogen) atoms. The molecule has 0 bridgehead atoms. The highest BCUT2D eigenvalue weighted by Crippen LogP contribution is 2.31. The van der Waals surface area contributed by atoms with E-state index in [9.17, 15) is 5.26 Å². The number of nitrogens with zero attached hydrogens (tertiary/aromatic N) is 3. The van der Waals surface area contributed by atoms with Crippen molar-refractivity contribution in [1.82, 2.24) is 9.55 Å². The molecular formula is C26H23N3O. The molecule has 0 radical (unpaired) electrons. The molecule has 0 N–H and O–H groups in total. The fourth-order valence-corrected chi connectivity index (χ4v) is 3.57. The molecule has 0 aliphatic heterocycles. The van der Waals surface area contributed by atoms with Gasteiger partial charge in [0, 0.05) is 18.0 Å². The van der Waals surface area contributed by atoms with Gasteiger partial charge in [0.25, 0.3) is 0 Å². The van der Waals surface area contributed by atoms with Gasteiger partial charge in [0.05, 0.1) is 31.1 Å². The fraction of sp³-hybridized carbons (Fsp3) is 0.154. The summed E-state index contributed by atoms with van der Waals surface area (Å²) in [6, 6.07) is 26.6. The summed E-state index contributed by atoms with van der Waals surface area (Å²) in [5, 5.41) is 9.67. The summed E-state index contributed by atoms with van der Waals surface area (Å²) in [7, 11) is 0. The summed E-state index contributed by atoms with van der Waals surface area (Å²) in [4.78, 5) is 4.16. The first-order chi connectivity index (χ1) is 14.7. The van der Waals surface area contributed by atoms with E-state index in [1.807, 2.05) is 53.2 Å². The van der Waals surface area contributed by atoms with Crippen molar-refractivity contribution in [1.29, 1.82) is 5.26 Å². The Labute approximate surface area is 177 Å². The Balaban J connectivity index is 1.69. The molecule has 3 aromatic carbocycles. The highest BCUT2D eigenvalue weighted by Gasteiger charge is 2.17. The molecule has 0 spiro atoms. The molecule has 4 nitrogen and oxygen atoms in total. The average Bonchev–Trinajstić information content (AvgIpc) is 3.30. The van der Waals surface area contributed by atoms with E-state index < -0.39 is 0 Å². The summed E-state index contributed by atoms with van der Waals surface area (Å²) in [6.45, 7) is 3.23. The van der Waals surface area contributed by atoms with Crippen molar-refractivity contribution >= 4 is 0 Å². The van der Waals surface area contributed by atoms with Crippen molar-refractivity contribution in [3.63, 3.8) is 0 Å². The van der Waals surface area contributed by atoms with Gasteiger partial charge >= 0.3 is 0 Å². The van der Waals surface area contributed by atoms with Gasteiger partial charge in [-0.1, -0.05) is 60.7 Å². The molecule has 1 atom stereocenters. The van der Waals surface area contributed by atoms with Gasteiger partial charge in [-0.2, -0.15) is 5.26 Å². The zero-order chi connectivity index (χ0) is 20.8. The predicted molar refractivity (Wildman–Crippen MR) is 118 cm³/mol. The molecular weight excluding hydrogens is 370 g/mol. The molecule has 0 fully saturated rings. The van der Waals surface area contributed by atoms with Gasteiger partial charge in [0.1, 0.15) is 6.10 Å². The van der Waals surface area contributed by atoms with Crippen LogP contribution >= 0.6 is 0 Å². The van der Waals surface area contributed by atoms with Gasteiger partial charge in [-0.15, -0.1) is 0 Å². The molecule has 1 unspecified atom stereocenters. The second-order valence-corrected chi connectivity index (χ2v) is 7.28. The summed E-state index contributed by atoms with van der Waals surface area (Å²) in [5.41, 5.74) is 5.98. The van der Waals surface area contributed by atoms with Gasteiger partial charge in [-0.3, -0.25) is 0 Å². The monoisotopic (exact) mass is 393 g/mol. The van der Waals surface area contributed by atoms with Crippen molar-refractivity contribution < 1.29 is 4.74 Å². The summed E-state index contributed by atoms with van der Waals surface area (Å²) in [5.74, 6) is 0. The molecule has 0 saturated carbocycles. The lowest BCUT2D eigenvalue weighted by Gasteiger charge is -2.21. The molecule has 0 aliphatic carbocycles. The minimum Gasteiger partial charge on any atom is -0.367 e. The number of rotatable bonds is 7. The van der Waals surface area contributed by atoms with E-state index in [-0.39, 0.29) is 6.10 Å². The molecule has 0 aliphatic rings. The Morgan fingerprint density at radius 2 is 1.80 bits per heavy atom. The zero-order valence-electron chi connectivity index (χ0n) is 16.9. The van der Waals surface area contributed by atoms with Crippen LogP contribution in [0.15, 0.2) is 91.5 Å². The first kappa shape index (κ1) is 19.6. The van der Waals surface area contributed by atoms with Gasteiger partial charge in [0.15, 0.2) is 0 Å². The molecule has 4 rings (SSSR count). The van der Waals surface area contributed by atoms with Crippen molar-refractivity contribution in [2.45, 2.75) is 26.2 Å². The van der Waals surface area contributed by atoms with E-state index in [0.717, 1.165) is 27.8 Å². The first-order valence-corrected chi connectivity index (χ1v) is 9.96.